The summed E-state index contributed by atoms with van der Waals surface area (Å²) in [5.74, 6) is 0.364. The van der Waals surface area contributed by atoms with E-state index in [1.54, 1.807) is 12.1 Å². The largest absolute Gasteiger partial charge is 0.356 e. The molecule has 0 aliphatic heterocycles. The van der Waals surface area contributed by atoms with Crippen molar-refractivity contribution < 1.29 is 18.6 Å². The number of carbonyl (C=O) groups excluding carboxylic acids is 1. The van der Waals surface area contributed by atoms with E-state index in [0.29, 0.717) is 18.8 Å². The predicted octanol–water partition coefficient (Wildman–Crippen LogP) is 1.33. The second-order valence-corrected chi connectivity index (χ2v) is 6.12. The first-order valence-corrected chi connectivity index (χ1v) is 7.68. The number of aromatic nitrogens is 1. The van der Waals surface area contributed by atoms with E-state index < -0.39 is 0 Å². The molecule has 6 heteroatoms. The fraction of sp³-hybridized carbons (Fsp3) is 0.412. The summed E-state index contributed by atoms with van der Waals surface area (Å²) in [5, 5.41) is 6.97. The van der Waals surface area contributed by atoms with Crippen LogP contribution in [0.15, 0.2) is 28.8 Å². The molecule has 1 amide bonds. The highest BCUT2D eigenvalue weighted by Gasteiger charge is 2.18. The Morgan fingerprint density at radius 3 is 2.61 bits per heavy atom. The first kappa shape index (κ1) is 17.1. The number of carbonyl (C=O) groups is 1. The Morgan fingerprint density at radius 2 is 2.00 bits per heavy atom. The van der Waals surface area contributed by atoms with Crippen LogP contribution in [0.1, 0.15) is 25.1 Å². The zero-order valence-electron chi connectivity index (χ0n) is 13.9. The van der Waals surface area contributed by atoms with Crippen LogP contribution in [-0.2, 0) is 11.3 Å². The molecule has 124 valence electrons. The summed E-state index contributed by atoms with van der Waals surface area (Å²) in [7, 11) is 1.94. The Labute approximate surface area is 135 Å². The Kier molecular flexibility index (Phi) is 5.50. The maximum atomic E-state index is 13.0. The summed E-state index contributed by atoms with van der Waals surface area (Å²) in [6.07, 6.45) is 0. The average Bonchev–Trinajstić information content (AvgIpc) is 2.80. The zero-order valence-corrected chi connectivity index (χ0v) is 13.9. The van der Waals surface area contributed by atoms with Crippen LogP contribution in [0.25, 0.3) is 11.3 Å². The summed E-state index contributed by atoms with van der Waals surface area (Å²) in [4.78, 5) is 12.8. The van der Waals surface area contributed by atoms with Gasteiger partial charge in [0.25, 0.3) is 5.91 Å². The van der Waals surface area contributed by atoms with Crippen molar-refractivity contribution in [1.82, 2.24) is 10.5 Å². The van der Waals surface area contributed by atoms with Gasteiger partial charge in [-0.15, -0.1) is 0 Å². The molecule has 0 bridgehead atoms. The van der Waals surface area contributed by atoms with Crippen LogP contribution in [-0.4, -0.2) is 30.7 Å². The maximum Gasteiger partial charge on any atom is 0.275 e. The van der Waals surface area contributed by atoms with E-state index in [1.165, 1.54) is 12.1 Å². The summed E-state index contributed by atoms with van der Waals surface area (Å²) < 4.78 is 18.4. The van der Waals surface area contributed by atoms with Crippen LogP contribution in [0, 0.1) is 12.7 Å². The number of nitrogens with one attached hydrogen (secondary N) is 2. The molecule has 0 fully saturated rings. The number of amides is 1. The highest BCUT2D eigenvalue weighted by atomic mass is 19.1. The molecule has 1 aromatic heterocycles. The smallest absolute Gasteiger partial charge is 0.275 e. The quantitative estimate of drug-likeness (QED) is 0.844. The molecule has 0 aliphatic rings. The Balaban J connectivity index is 2.04. The third-order valence-electron chi connectivity index (χ3n) is 3.51. The van der Waals surface area contributed by atoms with Gasteiger partial charge in [0.05, 0.1) is 7.05 Å². The topological polar surface area (TPSA) is 59.6 Å². The van der Waals surface area contributed by atoms with Gasteiger partial charge in [0.1, 0.15) is 18.1 Å². The van der Waals surface area contributed by atoms with E-state index >= 15 is 0 Å². The van der Waals surface area contributed by atoms with E-state index in [9.17, 15) is 9.18 Å². The SMILES string of the molecule is Cc1c(C[NH+](C)CC(=O)NC(C)C)noc1-c1ccc(F)cc1. The van der Waals surface area contributed by atoms with Crippen LogP contribution >= 0.6 is 0 Å². The van der Waals surface area contributed by atoms with Gasteiger partial charge in [-0.2, -0.15) is 0 Å². The lowest BCUT2D eigenvalue weighted by Crippen LogP contribution is -3.09. The summed E-state index contributed by atoms with van der Waals surface area (Å²) in [6, 6.07) is 6.25. The highest BCUT2D eigenvalue weighted by Crippen LogP contribution is 2.25. The summed E-state index contributed by atoms with van der Waals surface area (Å²) in [6.45, 7) is 6.75. The molecule has 1 heterocycles. The first-order chi connectivity index (χ1) is 10.9. The Bertz CT molecular complexity index is 665. The molecule has 0 saturated heterocycles. The van der Waals surface area contributed by atoms with E-state index in [-0.39, 0.29) is 17.8 Å². The zero-order chi connectivity index (χ0) is 17.0. The molecule has 2 rings (SSSR count). The summed E-state index contributed by atoms with van der Waals surface area (Å²) >= 11 is 0. The number of likely N-dealkylation sites (N-methyl/N-ethyl adjacent to an activating group) is 1. The van der Waals surface area contributed by atoms with E-state index in [1.807, 2.05) is 27.8 Å². The molecular formula is C17H23FN3O2+. The standard InChI is InChI=1S/C17H22FN3O2/c1-11(2)19-16(22)10-21(4)9-15-12(3)17(23-20-15)13-5-7-14(18)8-6-13/h5-8,11H,9-10H2,1-4H3,(H,19,22)/p+1. The van der Waals surface area contributed by atoms with Crippen LogP contribution < -0.4 is 10.2 Å². The fourth-order valence-electron chi connectivity index (χ4n) is 2.40. The number of nitrogens with zero attached hydrogens (tertiary/aromatic N) is 1. The van der Waals surface area contributed by atoms with Gasteiger partial charge < -0.3 is 14.7 Å². The van der Waals surface area contributed by atoms with E-state index in [0.717, 1.165) is 21.7 Å². The lowest BCUT2D eigenvalue weighted by molar-refractivity contribution is -0.885. The molecule has 1 aromatic carbocycles. The number of quaternary nitrogens is 1. The lowest BCUT2D eigenvalue weighted by Gasteiger charge is -2.14. The monoisotopic (exact) mass is 320 g/mol. The van der Waals surface area contributed by atoms with Crippen molar-refractivity contribution in [3.63, 3.8) is 0 Å². The van der Waals surface area contributed by atoms with Crippen LogP contribution in [0.3, 0.4) is 0 Å². The molecular weight excluding hydrogens is 297 g/mol. The average molecular weight is 320 g/mol. The Morgan fingerprint density at radius 1 is 1.35 bits per heavy atom. The highest BCUT2D eigenvalue weighted by molar-refractivity contribution is 5.77. The van der Waals surface area contributed by atoms with Gasteiger partial charge in [-0.25, -0.2) is 4.39 Å². The molecule has 1 atom stereocenters. The summed E-state index contributed by atoms with van der Waals surface area (Å²) in [5.41, 5.74) is 2.51. The van der Waals surface area contributed by atoms with E-state index in [4.69, 9.17) is 4.52 Å². The second-order valence-electron chi connectivity index (χ2n) is 6.12. The van der Waals surface area contributed by atoms with Crippen LogP contribution in [0.4, 0.5) is 4.39 Å². The van der Waals surface area contributed by atoms with Crippen molar-refractivity contribution in [1.29, 1.82) is 0 Å². The molecule has 0 spiro atoms. The minimum atomic E-state index is -0.286. The lowest BCUT2D eigenvalue weighted by atomic mass is 10.1. The number of benzene rings is 1. The van der Waals surface area contributed by atoms with Crippen molar-refractivity contribution in [2.75, 3.05) is 13.6 Å². The molecule has 2 aromatic rings. The number of hydrogen-bond acceptors (Lipinski definition) is 3. The second kappa shape index (κ2) is 7.37. The first-order valence-electron chi connectivity index (χ1n) is 7.68. The third kappa shape index (κ3) is 4.63. The molecule has 0 radical (unpaired) electrons. The van der Waals surface area contributed by atoms with E-state index in [2.05, 4.69) is 10.5 Å². The molecule has 23 heavy (non-hydrogen) atoms. The third-order valence-corrected chi connectivity index (χ3v) is 3.51. The minimum absolute atomic E-state index is 0.0115. The molecule has 5 nitrogen and oxygen atoms in total. The van der Waals surface area contributed by atoms with Crippen LogP contribution in [0.2, 0.25) is 0 Å². The maximum absolute atomic E-state index is 13.0. The number of hydrogen-bond donors (Lipinski definition) is 2. The van der Waals surface area contributed by atoms with Crippen molar-refractivity contribution in [3.05, 3.63) is 41.3 Å². The van der Waals surface area contributed by atoms with Gasteiger partial charge in [-0.1, -0.05) is 5.16 Å². The number of halogens is 1. The van der Waals surface area contributed by atoms with Gasteiger partial charge in [-0.3, -0.25) is 4.79 Å². The van der Waals surface area contributed by atoms with Crippen molar-refractivity contribution in [3.8, 4) is 11.3 Å². The molecule has 2 N–H and O–H groups in total. The number of rotatable bonds is 6. The van der Waals surface area contributed by atoms with Gasteiger partial charge in [0.15, 0.2) is 12.3 Å². The van der Waals surface area contributed by atoms with Crippen LogP contribution in [0.5, 0.6) is 0 Å². The normalized spacial score (nSPS) is 12.4. The molecule has 1 unspecified atom stereocenters. The minimum Gasteiger partial charge on any atom is -0.356 e. The van der Waals surface area contributed by atoms with Crippen molar-refractivity contribution >= 4 is 5.91 Å². The molecule has 0 saturated carbocycles. The Hall–Kier alpha value is -2.21. The molecule has 0 aliphatic carbocycles. The van der Waals surface area contributed by atoms with Crippen molar-refractivity contribution in [2.45, 2.75) is 33.4 Å². The van der Waals surface area contributed by atoms with Crippen molar-refractivity contribution in [2.24, 2.45) is 0 Å². The van der Waals surface area contributed by atoms with Gasteiger partial charge >= 0.3 is 0 Å². The van der Waals surface area contributed by atoms with Gasteiger partial charge in [0.2, 0.25) is 0 Å². The predicted molar refractivity (Wildman–Crippen MR) is 85.4 cm³/mol. The van der Waals surface area contributed by atoms with Gasteiger partial charge in [0, 0.05) is 17.2 Å². The van der Waals surface area contributed by atoms with Gasteiger partial charge in [-0.05, 0) is 45.0 Å². The fourth-order valence-corrected chi connectivity index (χ4v) is 2.40.